The summed E-state index contributed by atoms with van der Waals surface area (Å²) in [6.45, 7) is 5.97. The van der Waals surface area contributed by atoms with Crippen LogP contribution in [0.4, 0.5) is 0 Å². The van der Waals surface area contributed by atoms with Crippen molar-refractivity contribution in [2.45, 2.75) is 45.7 Å². The van der Waals surface area contributed by atoms with E-state index in [1.807, 2.05) is 20.8 Å². The molecule has 0 aliphatic heterocycles. The van der Waals surface area contributed by atoms with Crippen LogP contribution >= 0.6 is 0 Å². The van der Waals surface area contributed by atoms with Gasteiger partial charge in [-0.25, -0.2) is 0 Å². The van der Waals surface area contributed by atoms with Crippen molar-refractivity contribution in [2.24, 2.45) is 5.73 Å². The van der Waals surface area contributed by atoms with Crippen molar-refractivity contribution in [1.29, 1.82) is 0 Å². The first-order valence-electron chi connectivity index (χ1n) is 5.30. The normalized spacial score (nSPS) is 12.3. The molecule has 88 valence electrons. The number of hydrogen-bond donors (Lipinski definition) is 3. The zero-order valence-electron chi connectivity index (χ0n) is 9.67. The van der Waals surface area contributed by atoms with E-state index in [2.05, 4.69) is 10.6 Å². The van der Waals surface area contributed by atoms with Gasteiger partial charge in [0.15, 0.2) is 0 Å². The maximum Gasteiger partial charge on any atom is 0.236 e. The molecule has 0 unspecified atom stereocenters. The summed E-state index contributed by atoms with van der Waals surface area (Å²) in [6, 6.07) is -0.343. The monoisotopic (exact) mass is 215 g/mol. The van der Waals surface area contributed by atoms with E-state index < -0.39 is 6.04 Å². The Balaban J connectivity index is 3.61. The van der Waals surface area contributed by atoms with Crippen molar-refractivity contribution in [1.82, 2.24) is 10.6 Å². The fraction of sp³-hybridized carbons (Fsp3) is 0.800. The number of carbonyl (C=O) groups excluding carboxylic acids is 2. The second-order valence-electron chi connectivity index (χ2n) is 3.78. The molecular weight excluding hydrogens is 194 g/mol. The molecule has 0 aromatic rings. The molecule has 0 aromatic heterocycles. The minimum absolute atomic E-state index is 0.0598. The highest BCUT2D eigenvalue weighted by atomic mass is 16.2. The molecule has 0 spiro atoms. The summed E-state index contributed by atoms with van der Waals surface area (Å²) >= 11 is 0. The molecule has 4 N–H and O–H groups in total. The molecule has 0 heterocycles. The minimum Gasteiger partial charge on any atom is -0.354 e. The van der Waals surface area contributed by atoms with E-state index in [0.29, 0.717) is 19.4 Å². The molecule has 1 atom stereocenters. The van der Waals surface area contributed by atoms with E-state index >= 15 is 0 Å². The summed E-state index contributed by atoms with van der Waals surface area (Å²) in [5.74, 6) is -0.259. The average molecular weight is 215 g/mol. The van der Waals surface area contributed by atoms with Gasteiger partial charge in [0.25, 0.3) is 0 Å². The van der Waals surface area contributed by atoms with Gasteiger partial charge in [0.05, 0.1) is 6.04 Å². The van der Waals surface area contributed by atoms with Crippen LogP contribution in [0.1, 0.15) is 33.6 Å². The summed E-state index contributed by atoms with van der Waals surface area (Å²) in [5, 5.41) is 5.35. The molecule has 0 aliphatic rings. The van der Waals surface area contributed by atoms with Gasteiger partial charge in [-0.05, 0) is 20.3 Å². The molecule has 0 aliphatic carbocycles. The second kappa shape index (κ2) is 7.23. The maximum atomic E-state index is 11.2. The molecular formula is C10H21N3O2. The maximum absolute atomic E-state index is 11.2. The van der Waals surface area contributed by atoms with E-state index in [1.54, 1.807) is 0 Å². The van der Waals surface area contributed by atoms with Gasteiger partial charge in [0.2, 0.25) is 11.8 Å². The predicted molar refractivity (Wildman–Crippen MR) is 59.2 cm³/mol. The third-order valence-electron chi connectivity index (χ3n) is 1.88. The van der Waals surface area contributed by atoms with Crippen LogP contribution in [0.2, 0.25) is 0 Å². The van der Waals surface area contributed by atoms with Gasteiger partial charge in [-0.1, -0.05) is 6.92 Å². The first-order valence-corrected chi connectivity index (χ1v) is 5.30. The van der Waals surface area contributed by atoms with Crippen molar-refractivity contribution in [3.63, 3.8) is 0 Å². The van der Waals surface area contributed by atoms with E-state index in [4.69, 9.17) is 5.73 Å². The zero-order chi connectivity index (χ0) is 11.8. The van der Waals surface area contributed by atoms with E-state index in [0.717, 1.165) is 0 Å². The number of hydrogen-bond acceptors (Lipinski definition) is 3. The second-order valence-corrected chi connectivity index (χ2v) is 3.78. The minimum atomic E-state index is -0.474. The Kier molecular flexibility index (Phi) is 6.70. The van der Waals surface area contributed by atoms with E-state index in [-0.39, 0.29) is 17.9 Å². The molecule has 0 bridgehead atoms. The van der Waals surface area contributed by atoms with Crippen LogP contribution in [-0.4, -0.2) is 30.4 Å². The zero-order valence-corrected chi connectivity index (χ0v) is 9.67. The first-order chi connectivity index (χ1) is 6.97. The molecule has 0 rings (SSSR count). The third-order valence-corrected chi connectivity index (χ3v) is 1.88. The van der Waals surface area contributed by atoms with Crippen LogP contribution in [0.15, 0.2) is 0 Å². The Hall–Kier alpha value is -1.10. The highest BCUT2D eigenvalue weighted by Gasteiger charge is 2.10. The van der Waals surface area contributed by atoms with Gasteiger partial charge < -0.3 is 16.4 Å². The van der Waals surface area contributed by atoms with Gasteiger partial charge >= 0.3 is 0 Å². The van der Waals surface area contributed by atoms with Crippen LogP contribution in [0, 0.1) is 0 Å². The van der Waals surface area contributed by atoms with Crippen molar-refractivity contribution in [3.05, 3.63) is 0 Å². The number of amides is 2. The van der Waals surface area contributed by atoms with Gasteiger partial charge in [-0.2, -0.15) is 0 Å². The predicted octanol–water partition coefficient (Wildman–Crippen LogP) is -0.245. The lowest BCUT2D eigenvalue weighted by Gasteiger charge is -2.11. The van der Waals surface area contributed by atoms with Crippen LogP contribution < -0.4 is 16.4 Å². The highest BCUT2D eigenvalue weighted by molar-refractivity contribution is 5.82. The van der Waals surface area contributed by atoms with Crippen LogP contribution in [0.25, 0.3) is 0 Å². The van der Waals surface area contributed by atoms with Crippen molar-refractivity contribution in [3.8, 4) is 0 Å². The number of nitrogens with two attached hydrogens (primary N) is 1. The summed E-state index contributed by atoms with van der Waals surface area (Å²) in [7, 11) is 0. The van der Waals surface area contributed by atoms with E-state index in [9.17, 15) is 9.59 Å². The summed E-state index contributed by atoms with van der Waals surface area (Å²) in [4.78, 5) is 22.4. The van der Waals surface area contributed by atoms with Gasteiger partial charge in [0, 0.05) is 19.0 Å². The van der Waals surface area contributed by atoms with Crippen LogP contribution in [0.3, 0.4) is 0 Å². The molecule has 0 saturated heterocycles. The molecule has 5 heteroatoms. The van der Waals surface area contributed by atoms with Crippen LogP contribution in [-0.2, 0) is 9.59 Å². The highest BCUT2D eigenvalue weighted by Crippen LogP contribution is 1.87. The molecule has 0 saturated carbocycles. The average Bonchev–Trinajstić information content (AvgIpc) is 2.15. The Morgan fingerprint density at radius 3 is 2.40 bits per heavy atom. The molecule has 5 nitrogen and oxygen atoms in total. The summed E-state index contributed by atoms with van der Waals surface area (Å²) in [5.41, 5.74) is 5.50. The fourth-order valence-corrected chi connectivity index (χ4v) is 1.01. The lowest BCUT2D eigenvalue weighted by Crippen LogP contribution is -2.41. The largest absolute Gasteiger partial charge is 0.354 e. The molecule has 0 aromatic carbocycles. The first kappa shape index (κ1) is 13.9. The Labute approximate surface area is 90.8 Å². The smallest absolute Gasteiger partial charge is 0.236 e. The Morgan fingerprint density at radius 2 is 1.93 bits per heavy atom. The topological polar surface area (TPSA) is 84.2 Å². The third kappa shape index (κ3) is 6.90. The van der Waals surface area contributed by atoms with Gasteiger partial charge in [-0.15, -0.1) is 0 Å². The standard InChI is InChI=1S/C10H21N3O2/c1-4-8(11)10(15)12-6-5-9(14)13-7(2)3/h7-8H,4-6,11H2,1-3H3,(H,12,15)(H,13,14)/t8-/m1/s1. The van der Waals surface area contributed by atoms with E-state index in [1.165, 1.54) is 0 Å². The molecule has 2 amide bonds. The summed E-state index contributed by atoms with van der Waals surface area (Å²) < 4.78 is 0. The Morgan fingerprint density at radius 1 is 1.33 bits per heavy atom. The quantitative estimate of drug-likeness (QED) is 0.571. The summed E-state index contributed by atoms with van der Waals surface area (Å²) in [6.07, 6.45) is 0.893. The van der Waals surface area contributed by atoms with Crippen molar-refractivity contribution in [2.75, 3.05) is 6.54 Å². The Bertz CT molecular complexity index is 217. The number of rotatable bonds is 6. The molecule has 15 heavy (non-hydrogen) atoms. The number of carbonyl (C=O) groups is 2. The number of nitrogens with one attached hydrogen (secondary N) is 2. The van der Waals surface area contributed by atoms with Gasteiger partial charge in [-0.3, -0.25) is 9.59 Å². The van der Waals surface area contributed by atoms with Crippen LogP contribution in [0.5, 0.6) is 0 Å². The lowest BCUT2D eigenvalue weighted by molar-refractivity contribution is -0.123. The lowest BCUT2D eigenvalue weighted by atomic mass is 10.2. The molecule has 0 fully saturated rings. The fourth-order valence-electron chi connectivity index (χ4n) is 1.01. The van der Waals surface area contributed by atoms with Crippen molar-refractivity contribution < 1.29 is 9.59 Å². The molecule has 0 radical (unpaired) electrons. The van der Waals surface area contributed by atoms with Crippen molar-refractivity contribution >= 4 is 11.8 Å². The van der Waals surface area contributed by atoms with Gasteiger partial charge in [0.1, 0.15) is 0 Å². The SMILES string of the molecule is CC[C@@H](N)C(=O)NCCC(=O)NC(C)C.